The summed E-state index contributed by atoms with van der Waals surface area (Å²) in [5, 5.41) is 9.41. The Labute approximate surface area is 61.2 Å². The Morgan fingerprint density at radius 1 is 1.50 bits per heavy atom. The Balaban J connectivity index is 2.52. The Kier molecular flexibility index (Phi) is 2.28. The van der Waals surface area contributed by atoms with Gasteiger partial charge in [-0.05, 0) is 6.92 Å². The summed E-state index contributed by atoms with van der Waals surface area (Å²) in [5.74, 6) is 0.172. The van der Waals surface area contributed by atoms with Gasteiger partial charge < -0.3 is 15.6 Å². The lowest BCUT2D eigenvalue weighted by molar-refractivity contribution is -0.0850. The quantitative estimate of drug-likeness (QED) is 0.493. The van der Waals surface area contributed by atoms with Crippen LogP contribution in [0.3, 0.4) is 0 Å². The van der Waals surface area contributed by atoms with E-state index in [0.29, 0.717) is 6.61 Å². The molecular weight excluding hydrogens is 130 g/mol. The summed E-state index contributed by atoms with van der Waals surface area (Å²) >= 11 is 0. The molecule has 1 aliphatic heterocycles. The van der Waals surface area contributed by atoms with Gasteiger partial charge in [0.05, 0.1) is 24.9 Å². The van der Waals surface area contributed by atoms with Crippen LogP contribution >= 0.6 is 0 Å². The maximum absolute atomic E-state index is 9.41. The van der Waals surface area contributed by atoms with Crippen LogP contribution in [0.15, 0.2) is 0 Å². The van der Waals surface area contributed by atoms with Crippen LogP contribution in [0.25, 0.3) is 0 Å². The summed E-state index contributed by atoms with van der Waals surface area (Å²) in [4.78, 5) is 0. The third-order valence-electron chi connectivity index (χ3n) is 2.14. The minimum atomic E-state index is -0.399. The summed E-state index contributed by atoms with van der Waals surface area (Å²) in [6, 6.07) is -0.219. The predicted octanol–water partition coefficient (Wildman–Crippen LogP) is -0.271. The molecule has 3 nitrogen and oxygen atoms in total. The first-order valence-corrected chi connectivity index (χ1v) is 3.68. The Bertz CT molecular complexity index is 104. The number of rotatable bonds is 0. The second kappa shape index (κ2) is 2.86. The topological polar surface area (TPSA) is 55.5 Å². The van der Waals surface area contributed by atoms with Gasteiger partial charge in [0.25, 0.3) is 0 Å². The molecule has 0 radical (unpaired) electrons. The average molecular weight is 145 g/mol. The first-order valence-electron chi connectivity index (χ1n) is 3.68. The summed E-state index contributed by atoms with van der Waals surface area (Å²) in [6.07, 6.45) is -0.407. The lowest BCUT2D eigenvalue weighted by Gasteiger charge is -2.35. The van der Waals surface area contributed by atoms with E-state index in [-0.39, 0.29) is 18.1 Å². The van der Waals surface area contributed by atoms with Gasteiger partial charge in [-0.15, -0.1) is 0 Å². The van der Waals surface area contributed by atoms with Crippen molar-refractivity contribution in [2.75, 3.05) is 6.61 Å². The summed E-state index contributed by atoms with van der Waals surface area (Å²) < 4.78 is 5.29. The maximum Gasteiger partial charge on any atom is 0.0763 e. The molecule has 0 unspecified atom stereocenters. The highest BCUT2D eigenvalue weighted by molar-refractivity contribution is 4.85. The molecule has 0 aromatic carbocycles. The van der Waals surface area contributed by atoms with Crippen LogP contribution in [0.1, 0.15) is 13.8 Å². The second-order valence-corrected chi connectivity index (χ2v) is 3.08. The smallest absolute Gasteiger partial charge is 0.0763 e. The fourth-order valence-corrected chi connectivity index (χ4v) is 1.17. The minimum Gasteiger partial charge on any atom is -0.391 e. The number of ether oxygens (including phenoxy) is 1. The molecule has 0 saturated carbocycles. The molecular formula is C7H15NO2. The molecule has 3 N–H and O–H groups in total. The number of aliphatic hydroxyl groups excluding tert-OH is 1. The number of hydrogen-bond acceptors (Lipinski definition) is 3. The number of nitrogens with two attached hydrogens (primary N) is 1. The molecule has 1 aliphatic rings. The van der Waals surface area contributed by atoms with Gasteiger partial charge in [-0.25, -0.2) is 0 Å². The molecule has 1 rings (SSSR count). The van der Waals surface area contributed by atoms with Crippen LogP contribution < -0.4 is 5.73 Å². The standard InChI is InChI=1S/C7H15NO2/c1-4-3-10-5(2)6(8)7(4)9/h4-7,9H,3,8H2,1-2H3/t4-,5+,6+,7+/m0/s1. The molecule has 0 aromatic heterocycles. The van der Waals surface area contributed by atoms with Crippen LogP contribution in [0.5, 0.6) is 0 Å². The van der Waals surface area contributed by atoms with E-state index in [2.05, 4.69) is 0 Å². The molecule has 0 spiro atoms. The van der Waals surface area contributed by atoms with Crippen LogP contribution in [-0.4, -0.2) is 30.0 Å². The molecule has 4 atom stereocenters. The lowest BCUT2D eigenvalue weighted by atomic mass is 9.93. The van der Waals surface area contributed by atoms with Gasteiger partial charge in [-0.1, -0.05) is 6.92 Å². The highest BCUT2D eigenvalue weighted by Crippen LogP contribution is 2.17. The van der Waals surface area contributed by atoms with Crippen molar-refractivity contribution < 1.29 is 9.84 Å². The molecule has 0 aliphatic carbocycles. The van der Waals surface area contributed by atoms with Crippen LogP contribution in [0.4, 0.5) is 0 Å². The third-order valence-corrected chi connectivity index (χ3v) is 2.14. The van der Waals surface area contributed by atoms with Gasteiger partial charge in [-0.3, -0.25) is 0 Å². The van der Waals surface area contributed by atoms with E-state index < -0.39 is 6.10 Å². The summed E-state index contributed by atoms with van der Waals surface area (Å²) in [5.41, 5.74) is 5.64. The lowest BCUT2D eigenvalue weighted by Crippen LogP contribution is -2.52. The minimum absolute atomic E-state index is 0.00815. The predicted molar refractivity (Wildman–Crippen MR) is 38.6 cm³/mol. The Hall–Kier alpha value is -0.120. The first kappa shape index (κ1) is 7.98. The fourth-order valence-electron chi connectivity index (χ4n) is 1.17. The zero-order valence-corrected chi connectivity index (χ0v) is 6.45. The second-order valence-electron chi connectivity index (χ2n) is 3.08. The van der Waals surface area contributed by atoms with Crippen molar-refractivity contribution in [2.24, 2.45) is 11.7 Å². The van der Waals surface area contributed by atoms with Crippen LogP contribution in [0, 0.1) is 5.92 Å². The molecule has 1 fully saturated rings. The van der Waals surface area contributed by atoms with Gasteiger partial charge in [-0.2, -0.15) is 0 Å². The number of hydrogen-bond donors (Lipinski definition) is 2. The molecule has 10 heavy (non-hydrogen) atoms. The van der Waals surface area contributed by atoms with Crippen LogP contribution in [0.2, 0.25) is 0 Å². The van der Waals surface area contributed by atoms with Gasteiger partial charge in [0, 0.05) is 5.92 Å². The largest absolute Gasteiger partial charge is 0.391 e. The SMILES string of the molecule is C[C@H]1CO[C@H](C)[C@@H](N)[C@@H]1O. The summed E-state index contributed by atoms with van der Waals surface area (Å²) in [6.45, 7) is 4.45. The molecule has 0 aromatic rings. The van der Waals surface area contributed by atoms with E-state index in [1.54, 1.807) is 0 Å². The van der Waals surface area contributed by atoms with Crippen molar-refractivity contribution in [2.45, 2.75) is 32.1 Å². The fraction of sp³-hybridized carbons (Fsp3) is 1.00. The van der Waals surface area contributed by atoms with Crippen molar-refractivity contribution in [1.29, 1.82) is 0 Å². The molecule has 0 amide bonds. The molecule has 3 heteroatoms. The van der Waals surface area contributed by atoms with E-state index >= 15 is 0 Å². The van der Waals surface area contributed by atoms with Crippen LogP contribution in [-0.2, 0) is 4.74 Å². The van der Waals surface area contributed by atoms with E-state index in [1.807, 2.05) is 13.8 Å². The zero-order chi connectivity index (χ0) is 7.72. The van der Waals surface area contributed by atoms with E-state index in [9.17, 15) is 5.11 Å². The Morgan fingerprint density at radius 3 is 2.60 bits per heavy atom. The zero-order valence-electron chi connectivity index (χ0n) is 6.45. The molecule has 0 bridgehead atoms. The normalized spacial score (nSPS) is 49.2. The van der Waals surface area contributed by atoms with E-state index in [4.69, 9.17) is 10.5 Å². The summed E-state index contributed by atoms with van der Waals surface area (Å²) in [7, 11) is 0. The van der Waals surface area contributed by atoms with Gasteiger partial charge in [0.15, 0.2) is 0 Å². The van der Waals surface area contributed by atoms with Crippen molar-refractivity contribution >= 4 is 0 Å². The van der Waals surface area contributed by atoms with Crippen molar-refractivity contribution in [3.05, 3.63) is 0 Å². The van der Waals surface area contributed by atoms with E-state index in [1.165, 1.54) is 0 Å². The van der Waals surface area contributed by atoms with Gasteiger partial charge >= 0.3 is 0 Å². The molecule has 1 heterocycles. The Morgan fingerprint density at radius 2 is 2.10 bits per heavy atom. The van der Waals surface area contributed by atoms with Gasteiger partial charge in [0.2, 0.25) is 0 Å². The third kappa shape index (κ3) is 1.31. The average Bonchev–Trinajstić information content (AvgIpc) is 1.93. The van der Waals surface area contributed by atoms with Crippen molar-refractivity contribution in [1.82, 2.24) is 0 Å². The monoisotopic (exact) mass is 145 g/mol. The van der Waals surface area contributed by atoms with E-state index in [0.717, 1.165) is 0 Å². The van der Waals surface area contributed by atoms with Crippen molar-refractivity contribution in [3.63, 3.8) is 0 Å². The highest BCUT2D eigenvalue weighted by Gasteiger charge is 2.31. The molecule has 1 saturated heterocycles. The van der Waals surface area contributed by atoms with Gasteiger partial charge in [0.1, 0.15) is 0 Å². The number of aliphatic hydroxyl groups is 1. The highest BCUT2D eigenvalue weighted by atomic mass is 16.5. The maximum atomic E-state index is 9.41. The van der Waals surface area contributed by atoms with Crippen molar-refractivity contribution in [3.8, 4) is 0 Å². The first-order chi connectivity index (χ1) is 4.63. The molecule has 60 valence electrons.